The Morgan fingerprint density at radius 2 is 2.25 bits per heavy atom. The Hall–Kier alpha value is -0.860. The van der Waals surface area contributed by atoms with Crippen LogP contribution in [0.2, 0.25) is 0 Å². The van der Waals surface area contributed by atoms with Crippen molar-refractivity contribution in [3.63, 3.8) is 0 Å². The van der Waals surface area contributed by atoms with Gasteiger partial charge in [-0.2, -0.15) is 0 Å². The van der Waals surface area contributed by atoms with Gasteiger partial charge in [0.15, 0.2) is 0 Å². The van der Waals surface area contributed by atoms with Gasteiger partial charge in [-0.15, -0.1) is 0 Å². The molecule has 0 aromatic heterocycles. The molecule has 0 radical (unpaired) electrons. The third-order valence-corrected chi connectivity index (χ3v) is 3.54. The third-order valence-electron chi connectivity index (χ3n) is 3.54. The van der Waals surface area contributed by atoms with E-state index >= 15 is 0 Å². The monoisotopic (exact) mass is 218 g/mol. The molecule has 2 atom stereocenters. The predicted molar refractivity (Wildman–Crippen MR) is 68.5 cm³/mol. The summed E-state index contributed by atoms with van der Waals surface area (Å²) < 4.78 is 0. The van der Waals surface area contributed by atoms with Crippen molar-refractivity contribution in [1.82, 2.24) is 5.32 Å². The van der Waals surface area contributed by atoms with E-state index in [2.05, 4.69) is 37.4 Å². The highest BCUT2D eigenvalue weighted by Gasteiger charge is 2.19. The Morgan fingerprint density at radius 1 is 1.44 bits per heavy atom. The van der Waals surface area contributed by atoms with Crippen LogP contribution in [0.5, 0.6) is 0 Å². The molecule has 1 aliphatic heterocycles. The van der Waals surface area contributed by atoms with E-state index in [-0.39, 0.29) is 6.04 Å². The minimum atomic E-state index is 0.176. The van der Waals surface area contributed by atoms with Crippen molar-refractivity contribution in [1.29, 1.82) is 0 Å². The van der Waals surface area contributed by atoms with Crippen molar-refractivity contribution in [2.45, 2.75) is 45.2 Å². The summed E-state index contributed by atoms with van der Waals surface area (Å²) in [5, 5.41) is 3.51. The summed E-state index contributed by atoms with van der Waals surface area (Å²) in [7, 11) is 0. The van der Waals surface area contributed by atoms with Gasteiger partial charge in [-0.25, -0.2) is 0 Å². The van der Waals surface area contributed by atoms with E-state index in [9.17, 15) is 0 Å². The lowest BCUT2D eigenvalue weighted by Gasteiger charge is -2.19. The van der Waals surface area contributed by atoms with Gasteiger partial charge in [-0.05, 0) is 50.8 Å². The normalized spacial score (nSPS) is 22.3. The molecule has 16 heavy (non-hydrogen) atoms. The van der Waals surface area contributed by atoms with Gasteiger partial charge in [0.1, 0.15) is 0 Å². The molecule has 3 N–H and O–H groups in total. The fraction of sp³-hybridized carbons (Fsp3) is 0.571. The van der Waals surface area contributed by atoms with Gasteiger partial charge in [0.2, 0.25) is 0 Å². The molecule has 2 nitrogen and oxygen atoms in total. The van der Waals surface area contributed by atoms with E-state index in [1.54, 1.807) is 0 Å². The van der Waals surface area contributed by atoms with Crippen molar-refractivity contribution < 1.29 is 0 Å². The molecule has 2 unspecified atom stereocenters. The van der Waals surface area contributed by atoms with Gasteiger partial charge in [0, 0.05) is 12.1 Å². The van der Waals surface area contributed by atoms with Gasteiger partial charge in [0.05, 0.1) is 0 Å². The summed E-state index contributed by atoms with van der Waals surface area (Å²) in [6, 6.07) is 7.35. The molecule has 0 spiro atoms. The van der Waals surface area contributed by atoms with E-state index < -0.39 is 0 Å². The van der Waals surface area contributed by atoms with Crippen molar-refractivity contribution in [2.75, 3.05) is 6.54 Å². The second-order valence-electron chi connectivity index (χ2n) is 5.00. The number of nitrogens with one attached hydrogen (secondary N) is 1. The summed E-state index contributed by atoms with van der Waals surface area (Å²) in [5.41, 5.74) is 10.2. The first-order valence-electron chi connectivity index (χ1n) is 6.23. The van der Waals surface area contributed by atoms with Crippen molar-refractivity contribution in [2.24, 2.45) is 5.73 Å². The van der Waals surface area contributed by atoms with E-state index in [1.807, 2.05) is 0 Å². The summed E-state index contributed by atoms with van der Waals surface area (Å²) in [6.07, 6.45) is 3.63. The summed E-state index contributed by atoms with van der Waals surface area (Å²) in [5.74, 6) is 0. The smallest absolute Gasteiger partial charge is 0.0312 e. The van der Waals surface area contributed by atoms with Gasteiger partial charge >= 0.3 is 0 Å². The molecule has 0 saturated carbocycles. The van der Waals surface area contributed by atoms with E-state index in [1.165, 1.54) is 29.5 Å². The molecule has 1 aromatic carbocycles. The van der Waals surface area contributed by atoms with Crippen LogP contribution in [-0.2, 0) is 0 Å². The summed E-state index contributed by atoms with van der Waals surface area (Å²) in [4.78, 5) is 0. The zero-order chi connectivity index (χ0) is 11.5. The van der Waals surface area contributed by atoms with Crippen molar-refractivity contribution in [3.05, 3.63) is 34.9 Å². The second-order valence-corrected chi connectivity index (χ2v) is 5.00. The maximum Gasteiger partial charge on any atom is 0.0312 e. The SMILES string of the molecule is Cc1ccc(C)c(C(N)CC2CCCN2)c1. The van der Waals surface area contributed by atoms with Crippen LogP contribution in [-0.4, -0.2) is 12.6 Å². The van der Waals surface area contributed by atoms with Crippen LogP contribution >= 0.6 is 0 Å². The van der Waals surface area contributed by atoms with Crippen LogP contribution in [0, 0.1) is 13.8 Å². The zero-order valence-corrected chi connectivity index (χ0v) is 10.3. The Kier molecular flexibility index (Phi) is 3.62. The number of benzene rings is 1. The van der Waals surface area contributed by atoms with Gasteiger partial charge in [-0.3, -0.25) is 0 Å². The topological polar surface area (TPSA) is 38.0 Å². The molecule has 1 fully saturated rings. The first-order valence-corrected chi connectivity index (χ1v) is 6.23. The molecule has 2 heteroatoms. The molecular formula is C14H22N2. The first kappa shape index (κ1) is 11.6. The Labute approximate surface area is 98.2 Å². The van der Waals surface area contributed by atoms with Crippen LogP contribution in [0.15, 0.2) is 18.2 Å². The highest BCUT2D eigenvalue weighted by Crippen LogP contribution is 2.23. The van der Waals surface area contributed by atoms with Crippen LogP contribution in [0.25, 0.3) is 0 Å². The fourth-order valence-electron chi connectivity index (χ4n) is 2.55. The molecule has 1 saturated heterocycles. The molecule has 0 aliphatic carbocycles. The average molecular weight is 218 g/mol. The van der Waals surface area contributed by atoms with Crippen molar-refractivity contribution in [3.8, 4) is 0 Å². The minimum Gasteiger partial charge on any atom is -0.324 e. The second kappa shape index (κ2) is 4.98. The van der Waals surface area contributed by atoms with E-state index in [0.717, 1.165) is 13.0 Å². The van der Waals surface area contributed by atoms with Gasteiger partial charge in [-0.1, -0.05) is 23.8 Å². The van der Waals surface area contributed by atoms with E-state index in [0.29, 0.717) is 6.04 Å². The van der Waals surface area contributed by atoms with Crippen LogP contribution in [0.3, 0.4) is 0 Å². The highest BCUT2D eigenvalue weighted by atomic mass is 14.9. The Morgan fingerprint density at radius 3 is 2.94 bits per heavy atom. The quantitative estimate of drug-likeness (QED) is 0.818. The molecule has 1 aromatic rings. The predicted octanol–water partition coefficient (Wildman–Crippen LogP) is 2.45. The maximum atomic E-state index is 6.30. The number of nitrogens with two attached hydrogens (primary N) is 1. The lowest BCUT2D eigenvalue weighted by Crippen LogP contribution is -2.27. The first-order chi connectivity index (χ1) is 7.66. The average Bonchev–Trinajstić information content (AvgIpc) is 2.74. The fourth-order valence-corrected chi connectivity index (χ4v) is 2.55. The number of hydrogen-bond acceptors (Lipinski definition) is 2. The lowest BCUT2D eigenvalue weighted by atomic mass is 9.94. The molecule has 0 amide bonds. The molecule has 1 aliphatic rings. The number of aryl methyl sites for hydroxylation is 2. The molecule has 1 heterocycles. The minimum absolute atomic E-state index is 0.176. The molecule has 88 valence electrons. The van der Waals surface area contributed by atoms with Gasteiger partial charge < -0.3 is 11.1 Å². The summed E-state index contributed by atoms with van der Waals surface area (Å²) in [6.45, 7) is 5.43. The standard InChI is InChI=1S/C14H22N2/c1-10-5-6-11(2)13(8-10)14(15)9-12-4-3-7-16-12/h5-6,8,12,14,16H,3-4,7,9,15H2,1-2H3. The largest absolute Gasteiger partial charge is 0.324 e. The van der Waals surface area contributed by atoms with E-state index in [4.69, 9.17) is 5.73 Å². The molecular weight excluding hydrogens is 196 g/mol. The zero-order valence-electron chi connectivity index (χ0n) is 10.3. The Balaban J connectivity index is 2.07. The highest BCUT2D eigenvalue weighted by molar-refractivity contribution is 5.32. The third kappa shape index (κ3) is 2.63. The molecule has 2 rings (SSSR count). The van der Waals surface area contributed by atoms with Gasteiger partial charge in [0.25, 0.3) is 0 Å². The van der Waals surface area contributed by atoms with Crippen LogP contribution in [0.1, 0.15) is 42.0 Å². The van der Waals surface area contributed by atoms with Crippen LogP contribution in [0.4, 0.5) is 0 Å². The number of rotatable bonds is 3. The van der Waals surface area contributed by atoms with Crippen molar-refractivity contribution >= 4 is 0 Å². The summed E-state index contributed by atoms with van der Waals surface area (Å²) >= 11 is 0. The maximum absolute atomic E-state index is 6.30. The number of hydrogen-bond donors (Lipinski definition) is 2. The molecule has 0 bridgehead atoms. The van der Waals surface area contributed by atoms with Crippen LogP contribution < -0.4 is 11.1 Å². The Bertz CT molecular complexity index is 354. The lowest BCUT2D eigenvalue weighted by molar-refractivity contribution is 0.498.